The summed E-state index contributed by atoms with van der Waals surface area (Å²) in [5.74, 6) is -0.969. The molecular weight excluding hydrogens is 410 g/mol. The van der Waals surface area contributed by atoms with Crippen LogP contribution in [0, 0.1) is 6.92 Å². The molecule has 0 saturated carbocycles. The molecule has 0 aliphatic carbocycles. The second kappa shape index (κ2) is 8.35. The maximum Gasteiger partial charge on any atom is 0.337 e. The van der Waals surface area contributed by atoms with E-state index in [1.165, 1.54) is 31.4 Å². The zero-order chi connectivity index (χ0) is 22.8. The standard InChI is InChI=1S/C24H19N3O5/c1-14-8-9-16(23(30)32-2)13-19(14)25-21(28)15-10-11-18-20(12-15)26-24(31)27(22(18)29)17-6-4-3-5-7-17/h3-13H,1-2H3,(H,25,28)(H,26,31). The number of aryl methyl sites for hydroxylation is 1. The summed E-state index contributed by atoms with van der Waals surface area (Å²) in [5.41, 5.74) is 1.36. The molecule has 0 aliphatic heterocycles. The molecule has 8 heteroatoms. The molecular formula is C24H19N3O5. The van der Waals surface area contributed by atoms with Crippen molar-refractivity contribution in [2.45, 2.75) is 6.92 Å². The summed E-state index contributed by atoms with van der Waals surface area (Å²) >= 11 is 0. The number of aromatic amines is 1. The number of aromatic nitrogens is 2. The largest absolute Gasteiger partial charge is 0.465 e. The van der Waals surface area contributed by atoms with Gasteiger partial charge in [0.1, 0.15) is 0 Å². The highest BCUT2D eigenvalue weighted by molar-refractivity contribution is 6.07. The van der Waals surface area contributed by atoms with Crippen LogP contribution in [0.25, 0.3) is 16.6 Å². The van der Waals surface area contributed by atoms with Gasteiger partial charge in [-0.05, 0) is 55.0 Å². The molecule has 0 fully saturated rings. The van der Waals surface area contributed by atoms with E-state index in [2.05, 4.69) is 10.3 Å². The lowest BCUT2D eigenvalue weighted by Crippen LogP contribution is -2.33. The van der Waals surface area contributed by atoms with Crippen LogP contribution in [-0.4, -0.2) is 28.5 Å². The third-order valence-corrected chi connectivity index (χ3v) is 5.08. The maximum atomic E-state index is 12.9. The second-order valence-electron chi connectivity index (χ2n) is 7.14. The molecule has 4 aromatic rings. The van der Waals surface area contributed by atoms with Crippen LogP contribution in [0.15, 0.2) is 76.3 Å². The van der Waals surface area contributed by atoms with Crippen LogP contribution in [0.2, 0.25) is 0 Å². The molecule has 0 spiro atoms. The highest BCUT2D eigenvalue weighted by Gasteiger charge is 2.14. The fourth-order valence-corrected chi connectivity index (χ4v) is 3.37. The molecule has 0 radical (unpaired) electrons. The van der Waals surface area contributed by atoms with Gasteiger partial charge in [-0.3, -0.25) is 9.59 Å². The van der Waals surface area contributed by atoms with Gasteiger partial charge < -0.3 is 15.0 Å². The number of benzene rings is 3. The minimum Gasteiger partial charge on any atom is -0.465 e. The first kappa shape index (κ1) is 20.8. The van der Waals surface area contributed by atoms with Crippen LogP contribution < -0.4 is 16.6 Å². The van der Waals surface area contributed by atoms with Gasteiger partial charge in [-0.25, -0.2) is 14.2 Å². The number of rotatable bonds is 4. The minimum atomic E-state index is -0.604. The van der Waals surface area contributed by atoms with Gasteiger partial charge in [-0.2, -0.15) is 0 Å². The minimum absolute atomic E-state index is 0.243. The van der Waals surface area contributed by atoms with E-state index in [1.807, 2.05) is 0 Å². The fourth-order valence-electron chi connectivity index (χ4n) is 3.37. The Morgan fingerprint density at radius 1 is 0.938 bits per heavy atom. The van der Waals surface area contributed by atoms with Crippen molar-refractivity contribution >= 4 is 28.5 Å². The van der Waals surface area contributed by atoms with E-state index in [0.29, 0.717) is 16.9 Å². The van der Waals surface area contributed by atoms with Crippen LogP contribution in [0.1, 0.15) is 26.3 Å². The predicted molar refractivity (Wildman–Crippen MR) is 121 cm³/mol. The Labute approximate surface area is 182 Å². The summed E-state index contributed by atoms with van der Waals surface area (Å²) in [5, 5.41) is 3.03. The predicted octanol–water partition coefficient (Wildman–Crippen LogP) is 3.03. The number of anilines is 1. The number of H-pyrrole nitrogens is 1. The Morgan fingerprint density at radius 3 is 2.38 bits per heavy atom. The number of carbonyl (C=O) groups excluding carboxylic acids is 2. The van der Waals surface area contributed by atoms with Gasteiger partial charge in [0.05, 0.1) is 29.3 Å². The maximum absolute atomic E-state index is 12.9. The number of para-hydroxylation sites is 1. The van der Waals surface area contributed by atoms with Crippen LogP contribution in [0.3, 0.4) is 0 Å². The summed E-state index contributed by atoms with van der Waals surface area (Å²) < 4.78 is 5.76. The smallest absolute Gasteiger partial charge is 0.337 e. The molecule has 160 valence electrons. The van der Waals surface area contributed by atoms with E-state index in [0.717, 1.165) is 10.1 Å². The van der Waals surface area contributed by atoms with E-state index >= 15 is 0 Å². The van der Waals surface area contributed by atoms with Crippen molar-refractivity contribution in [3.05, 3.63) is 104 Å². The Morgan fingerprint density at radius 2 is 1.66 bits per heavy atom. The molecule has 0 bridgehead atoms. The number of esters is 1. The number of nitrogens with zero attached hydrogens (tertiary/aromatic N) is 1. The number of hydrogen-bond donors (Lipinski definition) is 2. The third-order valence-electron chi connectivity index (χ3n) is 5.08. The van der Waals surface area contributed by atoms with E-state index in [-0.39, 0.29) is 16.5 Å². The lowest BCUT2D eigenvalue weighted by molar-refractivity contribution is 0.0600. The zero-order valence-electron chi connectivity index (χ0n) is 17.3. The molecule has 32 heavy (non-hydrogen) atoms. The van der Waals surface area contributed by atoms with E-state index < -0.39 is 23.1 Å². The van der Waals surface area contributed by atoms with Crippen LogP contribution in [-0.2, 0) is 4.74 Å². The average Bonchev–Trinajstić information content (AvgIpc) is 2.80. The zero-order valence-corrected chi connectivity index (χ0v) is 17.3. The first-order valence-corrected chi connectivity index (χ1v) is 9.74. The first-order valence-electron chi connectivity index (χ1n) is 9.74. The van der Waals surface area contributed by atoms with E-state index in [4.69, 9.17) is 4.74 Å². The molecule has 0 atom stereocenters. The van der Waals surface area contributed by atoms with Gasteiger partial charge in [0.2, 0.25) is 0 Å². The van der Waals surface area contributed by atoms with Crippen molar-refractivity contribution in [2.75, 3.05) is 12.4 Å². The van der Waals surface area contributed by atoms with Gasteiger partial charge in [-0.1, -0.05) is 24.3 Å². The quantitative estimate of drug-likeness (QED) is 0.485. The topological polar surface area (TPSA) is 110 Å². The molecule has 0 saturated heterocycles. The number of ether oxygens (including phenoxy) is 1. The number of nitrogens with one attached hydrogen (secondary N) is 2. The van der Waals surface area contributed by atoms with Gasteiger partial charge >= 0.3 is 11.7 Å². The monoisotopic (exact) mass is 429 g/mol. The van der Waals surface area contributed by atoms with Gasteiger partial charge in [0.15, 0.2) is 0 Å². The lowest BCUT2D eigenvalue weighted by atomic mass is 10.1. The Balaban J connectivity index is 1.71. The summed E-state index contributed by atoms with van der Waals surface area (Å²) in [6.07, 6.45) is 0. The van der Waals surface area contributed by atoms with E-state index in [1.54, 1.807) is 49.4 Å². The molecule has 1 amide bonds. The third kappa shape index (κ3) is 3.81. The Kier molecular flexibility index (Phi) is 5.43. The fraction of sp³-hybridized carbons (Fsp3) is 0.0833. The highest BCUT2D eigenvalue weighted by Crippen LogP contribution is 2.19. The summed E-state index contributed by atoms with van der Waals surface area (Å²) in [6.45, 7) is 1.79. The van der Waals surface area contributed by atoms with Gasteiger partial charge in [0, 0.05) is 11.3 Å². The molecule has 3 aromatic carbocycles. The molecule has 4 rings (SSSR count). The summed E-state index contributed by atoms with van der Waals surface area (Å²) in [6, 6.07) is 17.9. The molecule has 2 N–H and O–H groups in total. The van der Waals surface area contributed by atoms with Crippen molar-refractivity contribution in [1.29, 1.82) is 0 Å². The lowest BCUT2D eigenvalue weighted by Gasteiger charge is -2.11. The normalized spacial score (nSPS) is 10.7. The molecule has 1 aromatic heterocycles. The van der Waals surface area contributed by atoms with Crippen molar-refractivity contribution in [3.8, 4) is 5.69 Å². The number of carbonyl (C=O) groups is 2. The molecule has 0 aliphatic rings. The van der Waals surface area contributed by atoms with Crippen molar-refractivity contribution in [2.24, 2.45) is 0 Å². The molecule has 0 unspecified atom stereocenters. The van der Waals surface area contributed by atoms with Crippen LogP contribution >= 0.6 is 0 Å². The summed E-state index contributed by atoms with van der Waals surface area (Å²) in [7, 11) is 1.28. The van der Waals surface area contributed by atoms with Gasteiger partial charge in [-0.15, -0.1) is 0 Å². The first-order chi connectivity index (χ1) is 15.4. The second-order valence-corrected chi connectivity index (χ2v) is 7.14. The number of amides is 1. The van der Waals surface area contributed by atoms with Crippen molar-refractivity contribution < 1.29 is 14.3 Å². The number of fused-ring (bicyclic) bond motifs is 1. The molecule has 8 nitrogen and oxygen atoms in total. The van der Waals surface area contributed by atoms with Crippen molar-refractivity contribution in [3.63, 3.8) is 0 Å². The molecule has 1 heterocycles. The van der Waals surface area contributed by atoms with Crippen LogP contribution in [0.5, 0.6) is 0 Å². The Hall–Kier alpha value is -4.46. The van der Waals surface area contributed by atoms with E-state index in [9.17, 15) is 19.2 Å². The van der Waals surface area contributed by atoms with Crippen LogP contribution in [0.4, 0.5) is 5.69 Å². The average molecular weight is 429 g/mol. The highest BCUT2D eigenvalue weighted by atomic mass is 16.5. The Bertz CT molecular complexity index is 1470. The van der Waals surface area contributed by atoms with Crippen molar-refractivity contribution in [1.82, 2.24) is 9.55 Å². The van der Waals surface area contributed by atoms with Gasteiger partial charge in [0.25, 0.3) is 11.5 Å². The summed E-state index contributed by atoms with van der Waals surface area (Å²) in [4.78, 5) is 52.7. The number of methoxy groups -OCH3 is 1. The number of hydrogen-bond acceptors (Lipinski definition) is 5. The SMILES string of the molecule is COC(=O)c1ccc(C)c(NC(=O)c2ccc3c(=O)n(-c4ccccc4)c(=O)[nH]c3c2)c1.